The maximum absolute atomic E-state index is 9.63. The molecule has 7 rings (SSSR count). The van der Waals surface area contributed by atoms with E-state index < -0.39 is 0 Å². The normalized spacial score (nSPS) is 10.6. The monoisotopic (exact) mass is 627 g/mol. The van der Waals surface area contributed by atoms with E-state index in [0.717, 1.165) is 49.7 Å². The fourth-order valence-electron chi connectivity index (χ4n) is 6.15. The van der Waals surface area contributed by atoms with Crippen molar-refractivity contribution < 1.29 is 0 Å². The molecular weight excluding hydrogens is 607 g/mol. The second kappa shape index (κ2) is 11.9. The molecule has 0 amide bonds. The van der Waals surface area contributed by atoms with Gasteiger partial charge in [0.05, 0.1) is 54.0 Å². The summed E-state index contributed by atoms with van der Waals surface area (Å²) in [4.78, 5) is 24.3. The van der Waals surface area contributed by atoms with Crippen LogP contribution in [0.25, 0.3) is 75.7 Å². The average molecular weight is 628 g/mol. The van der Waals surface area contributed by atoms with Crippen molar-refractivity contribution in [2.45, 2.75) is 13.8 Å². The third-order valence-electron chi connectivity index (χ3n) is 8.25. The third-order valence-corrected chi connectivity index (χ3v) is 8.25. The lowest BCUT2D eigenvalue weighted by Crippen LogP contribution is -2.00. The summed E-state index contributed by atoms with van der Waals surface area (Å²) < 4.78 is 2.08. The fraction of sp³-hybridized carbons (Fsp3) is 0.0500. The molecule has 0 aliphatic rings. The van der Waals surface area contributed by atoms with E-state index in [1.807, 2.05) is 54.6 Å². The van der Waals surface area contributed by atoms with Gasteiger partial charge in [-0.05, 0) is 78.6 Å². The number of fused-ring (bicyclic) bond motifs is 3. The van der Waals surface area contributed by atoms with Gasteiger partial charge in [-0.3, -0.25) is 0 Å². The van der Waals surface area contributed by atoms with E-state index in [4.69, 9.17) is 19.7 Å². The molecule has 5 aromatic carbocycles. The molecule has 0 bridgehead atoms. The largest absolute Gasteiger partial charge is 0.310 e. The summed E-state index contributed by atoms with van der Waals surface area (Å²) in [5, 5.41) is 21.2. The van der Waals surface area contributed by atoms with Crippen LogP contribution in [0.5, 0.6) is 0 Å². The van der Waals surface area contributed by atoms with Gasteiger partial charge in [0.15, 0.2) is 22.9 Å². The van der Waals surface area contributed by atoms with Gasteiger partial charge in [-0.1, -0.05) is 48.5 Å². The summed E-state index contributed by atoms with van der Waals surface area (Å²) >= 11 is 0. The highest BCUT2D eigenvalue weighted by atomic mass is 15.0. The topological polar surface area (TPSA) is 104 Å². The lowest BCUT2D eigenvalue weighted by Gasteiger charge is -2.13. The van der Waals surface area contributed by atoms with Crippen LogP contribution in [-0.4, -0.2) is 19.5 Å². The van der Waals surface area contributed by atoms with Gasteiger partial charge in [0, 0.05) is 22.0 Å². The van der Waals surface area contributed by atoms with Gasteiger partial charge >= 0.3 is 0 Å². The number of aryl methyl sites for hydroxylation is 2. The first kappa shape index (κ1) is 30.0. The van der Waals surface area contributed by atoms with Crippen molar-refractivity contribution in [3.8, 4) is 51.5 Å². The molecule has 9 nitrogen and oxygen atoms in total. The van der Waals surface area contributed by atoms with Gasteiger partial charge in [-0.2, -0.15) is 10.5 Å². The molecule has 0 fully saturated rings. The predicted octanol–water partition coefficient (Wildman–Crippen LogP) is 9.98. The van der Waals surface area contributed by atoms with Gasteiger partial charge in [-0.25, -0.2) is 29.5 Å². The Labute approximate surface area is 281 Å². The Bertz CT molecular complexity index is 2540. The van der Waals surface area contributed by atoms with Crippen molar-refractivity contribution in [1.82, 2.24) is 19.5 Å². The van der Waals surface area contributed by atoms with Crippen LogP contribution >= 0.6 is 0 Å². The van der Waals surface area contributed by atoms with Gasteiger partial charge in [0.25, 0.3) is 0 Å². The highest BCUT2D eigenvalue weighted by Gasteiger charge is 2.18. The third kappa shape index (κ3) is 5.35. The average Bonchev–Trinajstić information content (AvgIpc) is 3.46. The van der Waals surface area contributed by atoms with Gasteiger partial charge in [0.1, 0.15) is 11.6 Å². The second-order valence-corrected chi connectivity index (χ2v) is 11.4. The lowest BCUT2D eigenvalue weighted by molar-refractivity contribution is 0.929. The minimum atomic E-state index is 0.372. The van der Waals surface area contributed by atoms with Crippen LogP contribution < -0.4 is 0 Å². The number of aromatic nitrogens is 4. The fourth-order valence-corrected chi connectivity index (χ4v) is 6.15. The molecule has 226 valence electrons. The Hall–Kier alpha value is -7.64. The Balaban J connectivity index is 1.52. The van der Waals surface area contributed by atoms with E-state index in [9.17, 15) is 10.5 Å². The minimum absolute atomic E-state index is 0.372. The first-order chi connectivity index (χ1) is 23.8. The SMILES string of the molecule is [C-]#[N+]c1cc([N+]#[C-])cc(-c2ccc3c4ccc(-c5cc(C#N)cc(C#N)c5)cc4n(-c4ccc(-c5nc(C)nc(C)n5)c([N+]#[C-])c4)c3c2)c1. The van der Waals surface area contributed by atoms with Crippen LogP contribution in [0.1, 0.15) is 22.8 Å². The standard InChI is InChI=1S/C40H21N9/c1-23-46-24(2)48-40(47-23)36-11-8-33(20-37(36)45-5)49-38-17-27(29-13-25(21-41)12-26(14-29)22-42)6-9-34(38)35-10-7-28(18-39(35)49)30-15-31(43-3)19-32(16-30)44-4/h6-20H,1-2H3. The summed E-state index contributed by atoms with van der Waals surface area (Å²) in [7, 11) is 0. The van der Waals surface area contributed by atoms with Gasteiger partial charge in [0.2, 0.25) is 0 Å². The van der Waals surface area contributed by atoms with Crippen LogP contribution in [0.15, 0.2) is 91.0 Å². The first-order valence-corrected chi connectivity index (χ1v) is 15.0. The summed E-state index contributed by atoms with van der Waals surface area (Å²) in [5.41, 5.74) is 8.04. The van der Waals surface area contributed by atoms with E-state index in [0.29, 0.717) is 51.2 Å². The van der Waals surface area contributed by atoms with Crippen molar-refractivity contribution in [2.24, 2.45) is 0 Å². The molecule has 0 atom stereocenters. The van der Waals surface area contributed by atoms with Crippen LogP contribution in [0.2, 0.25) is 0 Å². The van der Waals surface area contributed by atoms with E-state index in [1.54, 1.807) is 50.2 Å². The second-order valence-electron chi connectivity index (χ2n) is 11.4. The maximum Gasteiger partial charge on any atom is 0.200 e. The van der Waals surface area contributed by atoms with E-state index in [1.165, 1.54) is 0 Å². The molecule has 0 unspecified atom stereocenters. The van der Waals surface area contributed by atoms with Crippen molar-refractivity contribution in [2.75, 3.05) is 0 Å². The first-order valence-electron chi connectivity index (χ1n) is 15.0. The molecule has 7 aromatic rings. The van der Waals surface area contributed by atoms with Gasteiger partial charge < -0.3 is 4.57 Å². The number of rotatable bonds is 4. The van der Waals surface area contributed by atoms with Crippen molar-refractivity contribution >= 4 is 38.9 Å². The molecule has 0 radical (unpaired) electrons. The van der Waals surface area contributed by atoms with E-state index in [2.05, 4.69) is 46.2 Å². The Morgan fingerprint density at radius 3 is 1.63 bits per heavy atom. The molecular formula is C40H21N9. The molecule has 9 heteroatoms. The van der Waals surface area contributed by atoms with Crippen molar-refractivity contribution in [1.29, 1.82) is 10.5 Å². The Kier molecular flexibility index (Phi) is 7.32. The summed E-state index contributed by atoms with van der Waals surface area (Å²) in [6.45, 7) is 26.8. The van der Waals surface area contributed by atoms with E-state index in [-0.39, 0.29) is 0 Å². The predicted molar refractivity (Wildman–Crippen MR) is 188 cm³/mol. The number of hydrogen-bond donors (Lipinski definition) is 0. The number of nitrogens with zero attached hydrogens (tertiary/aromatic N) is 9. The molecule has 0 spiro atoms. The lowest BCUT2D eigenvalue weighted by atomic mass is 9.99. The Morgan fingerprint density at radius 2 is 1.12 bits per heavy atom. The highest BCUT2D eigenvalue weighted by Crippen LogP contribution is 2.40. The minimum Gasteiger partial charge on any atom is -0.310 e. The van der Waals surface area contributed by atoms with E-state index >= 15 is 0 Å². The van der Waals surface area contributed by atoms with Crippen molar-refractivity contribution in [3.63, 3.8) is 0 Å². The number of nitriles is 2. The summed E-state index contributed by atoms with van der Waals surface area (Å²) in [6.07, 6.45) is 0. The van der Waals surface area contributed by atoms with Crippen LogP contribution in [-0.2, 0) is 0 Å². The highest BCUT2D eigenvalue weighted by molar-refractivity contribution is 6.11. The molecule has 0 saturated heterocycles. The quantitative estimate of drug-likeness (QED) is 0.181. The van der Waals surface area contributed by atoms with Crippen LogP contribution in [0, 0.1) is 56.2 Å². The molecule has 0 saturated carbocycles. The molecule has 0 N–H and O–H groups in total. The zero-order valence-corrected chi connectivity index (χ0v) is 26.2. The smallest absolute Gasteiger partial charge is 0.200 e. The molecule has 0 aliphatic carbocycles. The van der Waals surface area contributed by atoms with Crippen molar-refractivity contribution in [3.05, 3.63) is 148 Å². The maximum atomic E-state index is 9.63. The molecule has 2 heterocycles. The summed E-state index contributed by atoms with van der Waals surface area (Å²) in [5.74, 6) is 1.55. The van der Waals surface area contributed by atoms with Crippen LogP contribution in [0.4, 0.5) is 17.1 Å². The summed E-state index contributed by atoms with van der Waals surface area (Å²) in [6, 6.07) is 32.1. The Morgan fingerprint density at radius 1 is 0.571 bits per heavy atom. The molecule has 0 aliphatic heterocycles. The zero-order chi connectivity index (χ0) is 34.2. The van der Waals surface area contributed by atoms with Gasteiger partial charge in [-0.15, -0.1) is 0 Å². The zero-order valence-electron chi connectivity index (χ0n) is 26.2. The molecule has 2 aromatic heterocycles. The number of hydrogen-bond acceptors (Lipinski definition) is 5. The number of benzene rings is 5. The molecule has 49 heavy (non-hydrogen) atoms. The van der Waals surface area contributed by atoms with Crippen LogP contribution in [0.3, 0.4) is 0 Å².